The summed E-state index contributed by atoms with van der Waals surface area (Å²) < 4.78 is 18.5. The molecule has 1 aromatic carbocycles. The quantitative estimate of drug-likeness (QED) is 0.251. The van der Waals surface area contributed by atoms with E-state index in [2.05, 4.69) is 15.6 Å². The highest BCUT2D eigenvalue weighted by Crippen LogP contribution is 2.36. The van der Waals surface area contributed by atoms with E-state index in [0.29, 0.717) is 28.7 Å². The number of rotatable bonds is 8. The van der Waals surface area contributed by atoms with Crippen LogP contribution in [0.2, 0.25) is 0 Å². The van der Waals surface area contributed by atoms with Gasteiger partial charge >= 0.3 is 0 Å². The molecule has 0 amide bonds. The fourth-order valence-corrected chi connectivity index (χ4v) is 4.73. The predicted molar refractivity (Wildman–Crippen MR) is 152 cm³/mol. The van der Waals surface area contributed by atoms with E-state index in [-0.39, 0.29) is 6.23 Å². The average Bonchev–Trinajstić information content (AvgIpc) is 3.42. The molecule has 5 heterocycles. The number of ether oxygens (including phenoxy) is 3. The van der Waals surface area contributed by atoms with Crippen LogP contribution in [0.3, 0.4) is 0 Å². The molecule has 6 rings (SSSR count). The molecule has 1 saturated heterocycles. The summed E-state index contributed by atoms with van der Waals surface area (Å²) in [5.74, 6) is 2.55. The first-order valence-corrected chi connectivity index (χ1v) is 13.1. The number of nitrogens with one attached hydrogen (secondary N) is 2. The second-order valence-electron chi connectivity index (χ2n) is 9.45. The van der Waals surface area contributed by atoms with Crippen LogP contribution >= 0.6 is 0 Å². The smallest absolute Gasteiger partial charge is 0.213 e. The number of anilines is 4. The number of imidazole rings is 1. The van der Waals surface area contributed by atoms with Crippen LogP contribution in [0.15, 0.2) is 61.2 Å². The van der Waals surface area contributed by atoms with Crippen molar-refractivity contribution in [1.82, 2.24) is 29.5 Å². The Morgan fingerprint density at radius 3 is 2.42 bits per heavy atom. The zero-order chi connectivity index (χ0) is 27.5. The molecule has 1 fully saturated rings. The van der Waals surface area contributed by atoms with Crippen molar-refractivity contribution in [3.8, 4) is 22.9 Å². The number of methoxy groups -OCH3 is 2. The van der Waals surface area contributed by atoms with E-state index < -0.39 is 0 Å². The van der Waals surface area contributed by atoms with Crippen molar-refractivity contribution in [1.29, 1.82) is 0 Å². The van der Waals surface area contributed by atoms with Crippen molar-refractivity contribution >= 4 is 34.0 Å². The van der Waals surface area contributed by atoms with Gasteiger partial charge in [0.15, 0.2) is 5.65 Å². The Kier molecular flexibility index (Phi) is 7.11. The van der Waals surface area contributed by atoms with Crippen molar-refractivity contribution < 1.29 is 14.2 Å². The number of pyridine rings is 2. The first-order valence-electron chi connectivity index (χ1n) is 13.1. The van der Waals surface area contributed by atoms with Gasteiger partial charge in [0.1, 0.15) is 34.8 Å². The molecule has 0 saturated carbocycles. The molecule has 40 heavy (non-hydrogen) atoms. The van der Waals surface area contributed by atoms with E-state index in [4.69, 9.17) is 34.1 Å². The van der Waals surface area contributed by atoms with Gasteiger partial charge in [-0.2, -0.15) is 0 Å². The highest BCUT2D eigenvalue weighted by Gasteiger charge is 2.23. The summed E-state index contributed by atoms with van der Waals surface area (Å²) in [7, 11) is 3.23. The maximum Gasteiger partial charge on any atom is 0.213 e. The monoisotopic (exact) mass is 538 g/mol. The van der Waals surface area contributed by atoms with E-state index in [1.54, 1.807) is 39.0 Å². The van der Waals surface area contributed by atoms with Crippen LogP contribution in [0.5, 0.6) is 11.6 Å². The van der Waals surface area contributed by atoms with E-state index >= 15 is 0 Å². The summed E-state index contributed by atoms with van der Waals surface area (Å²) >= 11 is 0. The van der Waals surface area contributed by atoms with Gasteiger partial charge in [0.05, 0.1) is 44.3 Å². The Balaban J connectivity index is 1.44. The second kappa shape index (κ2) is 11.1. The summed E-state index contributed by atoms with van der Waals surface area (Å²) in [6, 6.07) is 13.4. The Hall–Kier alpha value is -4.77. The number of aromatic nitrogens is 6. The van der Waals surface area contributed by atoms with Crippen LogP contribution < -0.4 is 20.1 Å². The summed E-state index contributed by atoms with van der Waals surface area (Å²) in [5, 5.41) is 6.82. The van der Waals surface area contributed by atoms with Gasteiger partial charge in [-0.3, -0.25) is 4.57 Å². The molecule has 204 valence electrons. The highest BCUT2D eigenvalue weighted by molar-refractivity contribution is 5.93. The highest BCUT2D eigenvalue weighted by atomic mass is 16.5. The molecule has 11 heteroatoms. The lowest BCUT2D eigenvalue weighted by molar-refractivity contribution is -0.0298. The fraction of sp³-hybridized carbons (Fsp3) is 0.276. The molecule has 5 aromatic rings. The molecule has 2 N–H and O–H groups in total. The van der Waals surface area contributed by atoms with Crippen LogP contribution in [-0.2, 0) is 4.74 Å². The Labute approximate surface area is 231 Å². The molecule has 0 radical (unpaired) electrons. The molecule has 0 spiro atoms. The van der Waals surface area contributed by atoms with E-state index in [1.807, 2.05) is 47.9 Å². The molecule has 1 atom stereocenters. The van der Waals surface area contributed by atoms with Crippen molar-refractivity contribution in [2.45, 2.75) is 32.4 Å². The van der Waals surface area contributed by atoms with Gasteiger partial charge in [-0.05, 0) is 62.6 Å². The van der Waals surface area contributed by atoms with Crippen molar-refractivity contribution in [2.24, 2.45) is 0 Å². The van der Waals surface area contributed by atoms with Gasteiger partial charge in [-0.25, -0.2) is 24.9 Å². The normalized spacial score (nSPS) is 15.1. The summed E-state index contributed by atoms with van der Waals surface area (Å²) in [6.07, 6.45) is 8.27. The Morgan fingerprint density at radius 2 is 1.70 bits per heavy atom. The number of hydrogen-bond donors (Lipinski definition) is 2. The predicted octanol–water partition coefficient (Wildman–Crippen LogP) is 5.80. The summed E-state index contributed by atoms with van der Waals surface area (Å²) in [4.78, 5) is 23.4. The molecule has 1 aliphatic rings. The van der Waals surface area contributed by atoms with Gasteiger partial charge in [0, 0.05) is 23.9 Å². The first-order chi connectivity index (χ1) is 19.6. The third-order valence-electron chi connectivity index (χ3n) is 6.73. The van der Waals surface area contributed by atoms with Gasteiger partial charge in [0.25, 0.3) is 0 Å². The molecular weight excluding hydrogens is 508 g/mol. The molecular formula is C29H30N8O3. The largest absolute Gasteiger partial charge is 0.497 e. The maximum atomic E-state index is 6.04. The number of benzene rings is 1. The van der Waals surface area contributed by atoms with Crippen LogP contribution in [0.25, 0.3) is 22.4 Å². The maximum absolute atomic E-state index is 6.04. The lowest BCUT2D eigenvalue weighted by Crippen LogP contribution is -2.17. The fourth-order valence-electron chi connectivity index (χ4n) is 4.73. The Morgan fingerprint density at radius 1 is 0.875 bits per heavy atom. The number of fused-ring (bicyclic) bond motifs is 1. The van der Waals surface area contributed by atoms with E-state index in [1.165, 1.54) is 0 Å². The Bertz CT molecular complexity index is 1610. The van der Waals surface area contributed by atoms with Crippen LogP contribution in [0.4, 0.5) is 22.9 Å². The van der Waals surface area contributed by atoms with Crippen LogP contribution in [0, 0.1) is 6.92 Å². The third-order valence-corrected chi connectivity index (χ3v) is 6.73. The van der Waals surface area contributed by atoms with Crippen molar-refractivity contribution in [2.75, 3.05) is 31.5 Å². The van der Waals surface area contributed by atoms with Crippen molar-refractivity contribution in [3.05, 3.63) is 67.0 Å². The number of aryl methyl sites for hydroxylation is 1. The van der Waals surface area contributed by atoms with E-state index in [9.17, 15) is 0 Å². The van der Waals surface area contributed by atoms with E-state index in [0.717, 1.165) is 59.9 Å². The second-order valence-corrected chi connectivity index (χ2v) is 9.45. The van der Waals surface area contributed by atoms with Gasteiger partial charge in [0.2, 0.25) is 5.88 Å². The molecule has 4 aromatic heterocycles. The lowest BCUT2D eigenvalue weighted by Gasteiger charge is -2.23. The van der Waals surface area contributed by atoms with Gasteiger partial charge in [-0.1, -0.05) is 0 Å². The molecule has 0 bridgehead atoms. The molecule has 11 nitrogen and oxygen atoms in total. The van der Waals surface area contributed by atoms with Gasteiger partial charge < -0.3 is 24.8 Å². The zero-order valence-electron chi connectivity index (χ0n) is 22.6. The molecule has 1 aliphatic heterocycles. The zero-order valence-corrected chi connectivity index (χ0v) is 22.6. The summed E-state index contributed by atoms with van der Waals surface area (Å²) in [6.45, 7) is 2.61. The SMILES string of the molecule is COc1ccc(Nc2cnc(Nc3ccc(OC)nc3)c(-c3nc(C)nc4c3ncn4C3CCCCO3)c2)cc1. The molecule has 1 unspecified atom stereocenters. The minimum Gasteiger partial charge on any atom is -0.497 e. The topological polar surface area (TPSA) is 121 Å². The van der Waals surface area contributed by atoms with Crippen LogP contribution in [-0.4, -0.2) is 50.3 Å². The standard InChI is InChI=1S/C29H30N8O3/c1-18-33-26(27-29(34-18)37(17-32-27)25-6-4-5-13-40-25)23-14-21(35-19-7-10-22(38-2)11-8-19)16-31-28(23)36-20-9-12-24(39-3)30-15-20/h7-12,14-17,25,35H,4-6,13H2,1-3H3,(H,31,36). The number of nitrogens with zero attached hydrogens (tertiary/aromatic N) is 6. The lowest BCUT2D eigenvalue weighted by atomic mass is 10.1. The average molecular weight is 539 g/mol. The minimum atomic E-state index is -0.0925. The third kappa shape index (κ3) is 5.23. The van der Waals surface area contributed by atoms with Crippen molar-refractivity contribution in [3.63, 3.8) is 0 Å². The number of hydrogen-bond acceptors (Lipinski definition) is 10. The summed E-state index contributed by atoms with van der Waals surface area (Å²) in [5.41, 5.74) is 5.30. The molecule has 0 aliphatic carbocycles. The van der Waals surface area contributed by atoms with Gasteiger partial charge in [-0.15, -0.1) is 0 Å². The van der Waals surface area contributed by atoms with Crippen LogP contribution in [0.1, 0.15) is 31.3 Å². The minimum absolute atomic E-state index is 0.0925. The first kappa shape index (κ1) is 25.5.